The van der Waals surface area contributed by atoms with E-state index in [0.717, 1.165) is 12.3 Å². The van der Waals surface area contributed by atoms with Crippen molar-refractivity contribution in [3.63, 3.8) is 0 Å². The molecule has 0 aliphatic rings. The molecule has 0 radical (unpaired) electrons. The summed E-state index contributed by atoms with van der Waals surface area (Å²) in [6, 6.07) is 8.83. The molecule has 1 N–H and O–H groups in total. The molecule has 0 aliphatic heterocycles. The molecule has 1 aromatic carbocycles. The molecule has 11 heteroatoms. The second-order valence-corrected chi connectivity index (χ2v) is 6.33. The van der Waals surface area contributed by atoms with Gasteiger partial charge in [-0.2, -0.15) is 13.2 Å². The molecule has 2 heterocycles. The number of thioether (sulfide) groups is 1. The van der Waals surface area contributed by atoms with Crippen LogP contribution in [0.2, 0.25) is 5.02 Å². The summed E-state index contributed by atoms with van der Waals surface area (Å²) in [5.41, 5.74) is -3.84. The number of hydrogen-bond acceptors (Lipinski definition) is 6. The minimum Gasteiger partial charge on any atom is -0.403 e. The molecule has 0 fully saturated rings. The van der Waals surface area contributed by atoms with Gasteiger partial charge >= 0.3 is 11.5 Å². The van der Waals surface area contributed by atoms with Gasteiger partial charge in [0, 0.05) is 28.5 Å². The highest BCUT2D eigenvalue weighted by Gasteiger charge is 2.30. The molecule has 1 amide bonds. The fourth-order valence-electron chi connectivity index (χ4n) is 1.87. The molecule has 0 spiro atoms. The van der Waals surface area contributed by atoms with Crippen LogP contribution in [0.1, 0.15) is 10.4 Å². The number of carbonyl (C=O) groups excluding carboxylic acids is 1. The van der Waals surface area contributed by atoms with Crippen molar-refractivity contribution in [1.29, 1.82) is 0 Å². The van der Waals surface area contributed by atoms with E-state index >= 15 is 0 Å². The smallest absolute Gasteiger partial charge is 0.403 e. The number of hydrogen-bond donors (Lipinski definition) is 1. The number of nitrogens with zero attached hydrogens (tertiary/aromatic N) is 3. The number of benzene rings is 1. The standard InChI is InChI=1S/C15H8ClF3N4O2S/c16-10-3-1-2-8(6-10)13-22-23-14(25-13)21-12(24)9-4-5-11(20-7-9)26-15(17,18)19/h1-7H,(H,21,23,24). The maximum Gasteiger partial charge on any atom is 0.447 e. The van der Waals surface area contributed by atoms with Gasteiger partial charge in [-0.1, -0.05) is 22.8 Å². The van der Waals surface area contributed by atoms with Gasteiger partial charge in [-0.05, 0) is 30.3 Å². The molecule has 0 bridgehead atoms. The van der Waals surface area contributed by atoms with Crippen LogP contribution < -0.4 is 5.32 Å². The van der Waals surface area contributed by atoms with Crippen LogP contribution in [0.25, 0.3) is 11.5 Å². The highest BCUT2D eigenvalue weighted by Crippen LogP contribution is 2.35. The fourth-order valence-corrected chi connectivity index (χ4v) is 2.54. The second kappa shape index (κ2) is 7.34. The Morgan fingerprint density at radius 3 is 2.65 bits per heavy atom. The van der Waals surface area contributed by atoms with Crippen LogP contribution in [0.3, 0.4) is 0 Å². The van der Waals surface area contributed by atoms with E-state index in [9.17, 15) is 18.0 Å². The van der Waals surface area contributed by atoms with Crippen LogP contribution in [-0.4, -0.2) is 26.6 Å². The van der Waals surface area contributed by atoms with Gasteiger partial charge in [0.25, 0.3) is 5.91 Å². The molecule has 3 aromatic rings. The first-order valence-corrected chi connectivity index (χ1v) is 8.12. The first-order chi connectivity index (χ1) is 12.3. The number of halogens is 4. The van der Waals surface area contributed by atoms with Crippen molar-refractivity contribution in [2.45, 2.75) is 10.5 Å². The fraction of sp³-hybridized carbons (Fsp3) is 0.0667. The molecule has 0 aliphatic carbocycles. The molecule has 134 valence electrons. The summed E-state index contributed by atoms with van der Waals surface area (Å²) in [7, 11) is 0. The maximum absolute atomic E-state index is 12.3. The lowest BCUT2D eigenvalue weighted by molar-refractivity contribution is -0.0329. The van der Waals surface area contributed by atoms with E-state index in [0.29, 0.717) is 10.6 Å². The van der Waals surface area contributed by atoms with Crippen LogP contribution in [0.4, 0.5) is 19.2 Å². The van der Waals surface area contributed by atoms with E-state index in [-0.39, 0.29) is 34.3 Å². The highest BCUT2D eigenvalue weighted by atomic mass is 35.5. The van der Waals surface area contributed by atoms with Gasteiger partial charge in [-0.3, -0.25) is 10.1 Å². The van der Waals surface area contributed by atoms with E-state index < -0.39 is 11.4 Å². The third-order valence-corrected chi connectivity index (χ3v) is 3.85. The molecular formula is C15H8ClF3N4O2S. The minimum absolute atomic E-state index is 0.0408. The number of carbonyl (C=O) groups is 1. The van der Waals surface area contributed by atoms with Crippen LogP contribution in [0.5, 0.6) is 0 Å². The maximum atomic E-state index is 12.3. The van der Waals surface area contributed by atoms with Crippen LogP contribution in [0, 0.1) is 0 Å². The van der Waals surface area contributed by atoms with Crippen LogP contribution >= 0.6 is 23.4 Å². The Morgan fingerprint density at radius 2 is 2.00 bits per heavy atom. The molecule has 0 saturated heterocycles. The zero-order valence-electron chi connectivity index (χ0n) is 12.6. The van der Waals surface area contributed by atoms with Gasteiger partial charge in [-0.15, -0.1) is 5.10 Å². The normalized spacial score (nSPS) is 11.4. The van der Waals surface area contributed by atoms with Gasteiger partial charge in [0.15, 0.2) is 0 Å². The summed E-state index contributed by atoms with van der Waals surface area (Å²) in [4.78, 5) is 15.7. The molecule has 0 unspecified atom stereocenters. The minimum atomic E-state index is -4.45. The zero-order valence-corrected chi connectivity index (χ0v) is 14.2. The molecule has 0 atom stereocenters. The summed E-state index contributed by atoms with van der Waals surface area (Å²) in [5, 5.41) is 10.0. The summed E-state index contributed by atoms with van der Waals surface area (Å²) in [6.07, 6.45) is 1.03. The number of rotatable bonds is 4. The monoisotopic (exact) mass is 400 g/mol. The van der Waals surface area contributed by atoms with Crippen LogP contribution in [0.15, 0.2) is 52.0 Å². The number of anilines is 1. The summed E-state index contributed by atoms with van der Waals surface area (Å²) >= 11 is 5.51. The van der Waals surface area contributed by atoms with E-state index in [2.05, 4.69) is 20.5 Å². The lowest BCUT2D eigenvalue weighted by Gasteiger charge is -2.05. The Kier molecular flexibility index (Phi) is 5.14. The molecular weight excluding hydrogens is 393 g/mol. The number of aromatic nitrogens is 3. The average Bonchev–Trinajstić information content (AvgIpc) is 3.02. The second-order valence-electron chi connectivity index (χ2n) is 4.81. The van der Waals surface area contributed by atoms with Gasteiger partial charge in [0.2, 0.25) is 5.89 Å². The Hall–Kier alpha value is -2.59. The molecule has 0 saturated carbocycles. The Morgan fingerprint density at radius 1 is 1.19 bits per heavy atom. The van der Waals surface area contributed by atoms with Gasteiger partial charge < -0.3 is 4.42 Å². The largest absolute Gasteiger partial charge is 0.447 e. The number of amides is 1. The van der Waals surface area contributed by atoms with Gasteiger partial charge in [0.1, 0.15) is 5.03 Å². The van der Waals surface area contributed by atoms with E-state index in [1.165, 1.54) is 6.07 Å². The lowest BCUT2D eigenvalue weighted by atomic mass is 10.2. The van der Waals surface area contributed by atoms with Crippen molar-refractivity contribution < 1.29 is 22.4 Å². The quantitative estimate of drug-likeness (QED) is 0.642. The Balaban J connectivity index is 1.69. The van der Waals surface area contributed by atoms with E-state index in [1.807, 2.05) is 0 Å². The highest BCUT2D eigenvalue weighted by molar-refractivity contribution is 8.00. The van der Waals surface area contributed by atoms with Crippen molar-refractivity contribution in [2.75, 3.05) is 5.32 Å². The molecule has 6 nitrogen and oxygen atoms in total. The van der Waals surface area contributed by atoms with Crippen molar-refractivity contribution in [3.05, 3.63) is 53.2 Å². The number of pyridine rings is 1. The third-order valence-electron chi connectivity index (χ3n) is 2.94. The first-order valence-electron chi connectivity index (χ1n) is 6.93. The van der Waals surface area contributed by atoms with E-state index in [4.69, 9.17) is 16.0 Å². The van der Waals surface area contributed by atoms with Gasteiger partial charge in [-0.25, -0.2) is 4.98 Å². The molecule has 26 heavy (non-hydrogen) atoms. The molecule has 2 aromatic heterocycles. The summed E-state index contributed by atoms with van der Waals surface area (Å²) < 4.78 is 42.1. The SMILES string of the molecule is O=C(Nc1nnc(-c2cccc(Cl)c2)o1)c1ccc(SC(F)(F)F)nc1. The summed E-state index contributed by atoms with van der Waals surface area (Å²) in [5.74, 6) is -0.500. The topological polar surface area (TPSA) is 80.9 Å². The summed E-state index contributed by atoms with van der Waals surface area (Å²) in [6.45, 7) is 0. The van der Waals surface area contributed by atoms with Crippen molar-refractivity contribution in [3.8, 4) is 11.5 Å². The van der Waals surface area contributed by atoms with Crippen LogP contribution in [-0.2, 0) is 0 Å². The Bertz CT molecular complexity index is 931. The van der Waals surface area contributed by atoms with E-state index in [1.54, 1.807) is 24.3 Å². The van der Waals surface area contributed by atoms with Crippen molar-refractivity contribution in [1.82, 2.24) is 15.2 Å². The van der Waals surface area contributed by atoms with Crippen molar-refractivity contribution in [2.24, 2.45) is 0 Å². The predicted octanol–water partition coefficient (Wildman–Crippen LogP) is 4.65. The average molecular weight is 401 g/mol. The van der Waals surface area contributed by atoms with Gasteiger partial charge in [0.05, 0.1) is 5.56 Å². The zero-order chi connectivity index (χ0) is 18.7. The first kappa shape index (κ1) is 18.2. The predicted molar refractivity (Wildman–Crippen MR) is 88.8 cm³/mol. The molecule has 3 rings (SSSR count). The lowest BCUT2D eigenvalue weighted by Crippen LogP contribution is -2.12. The number of alkyl halides is 3. The number of nitrogens with one attached hydrogen (secondary N) is 1. The Labute approximate surface area is 153 Å². The van der Waals surface area contributed by atoms with Crippen molar-refractivity contribution >= 4 is 35.3 Å². The third kappa shape index (κ3) is 4.73.